The first-order valence-corrected chi connectivity index (χ1v) is 6.59. The molecular formula is C14H18N2O4. The number of carbonyl (C=O) groups excluding carboxylic acids is 1. The molecule has 1 aliphatic heterocycles. The SMILES string of the molecule is CC1Oc2ccccc2C1NC(=O)NCCCC(=O)O. The van der Waals surface area contributed by atoms with Gasteiger partial charge >= 0.3 is 12.0 Å². The summed E-state index contributed by atoms with van der Waals surface area (Å²) < 4.78 is 5.66. The van der Waals surface area contributed by atoms with Crippen LogP contribution in [0.3, 0.4) is 0 Å². The molecule has 0 bridgehead atoms. The lowest BCUT2D eigenvalue weighted by Gasteiger charge is -2.17. The number of hydrogen-bond acceptors (Lipinski definition) is 3. The highest BCUT2D eigenvalue weighted by Gasteiger charge is 2.31. The number of hydrogen-bond donors (Lipinski definition) is 3. The maximum Gasteiger partial charge on any atom is 0.315 e. The Morgan fingerprint density at radius 2 is 2.10 bits per heavy atom. The van der Waals surface area contributed by atoms with Crippen LogP contribution in [0.25, 0.3) is 0 Å². The van der Waals surface area contributed by atoms with Crippen LogP contribution in [-0.2, 0) is 4.79 Å². The molecule has 0 aromatic heterocycles. The minimum Gasteiger partial charge on any atom is -0.488 e. The summed E-state index contributed by atoms with van der Waals surface area (Å²) in [4.78, 5) is 22.1. The molecular weight excluding hydrogens is 260 g/mol. The lowest BCUT2D eigenvalue weighted by Crippen LogP contribution is -2.41. The Labute approximate surface area is 117 Å². The van der Waals surface area contributed by atoms with Gasteiger partial charge in [0.1, 0.15) is 11.9 Å². The number of nitrogens with one attached hydrogen (secondary N) is 2. The summed E-state index contributed by atoms with van der Waals surface area (Å²) in [6.07, 6.45) is 0.333. The van der Waals surface area contributed by atoms with E-state index in [1.54, 1.807) is 0 Å². The predicted molar refractivity (Wildman–Crippen MR) is 72.7 cm³/mol. The zero-order chi connectivity index (χ0) is 14.5. The first-order valence-electron chi connectivity index (χ1n) is 6.59. The molecule has 0 saturated heterocycles. The molecule has 1 aromatic carbocycles. The summed E-state index contributed by atoms with van der Waals surface area (Å²) in [5, 5.41) is 14.0. The molecule has 2 atom stereocenters. The van der Waals surface area contributed by atoms with Crippen LogP contribution in [0, 0.1) is 0 Å². The summed E-state index contributed by atoms with van der Waals surface area (Å²) in [6.45, 7) is 2.23. The lowest BCUT2D eigenvalue weighted by molar-refractivity contribution is -0.137. The number of para-hydroxylation sites is 1. The number of carboxylic acids is 1. The molecule has 1 aliphatic rings. The fourth-order valence-electron chi connectivity index (χ4n) is 2.19. The fraction of sp³-hybridized carbons (Fsp3) is 0.429. The molecule has 6 heteroatoms. The molecule has 0 radical (unpaired) electrons. The predicted octanol–water partition coefficient (Wildman–Crippen LogP) is 1.67. The molecule has 1 aromatic rings. The average molecular weight is 278 g/mol. The van der Waals surface area contributed by atoms with Gasteiger partial charge in [0, 0.05) is 18.5 Å². The Morgan fingerprint density at radius 3 is 2.85 bits per heavy atom. The molecule has 108 valence electrons. The minimum absolute atomic E-state index is 0.0477. The van der Waals surface area contributed by atoms with Gasteiger partial charge in [-0.05, 0) is 19.4 Å². The number of carbonyl (C=O) groups is 2. The van der Waals surface area contributed by atoms with E-state index >= 15 is 0 Å². The van der Waals surface area contributed by atoms with Gasteiger partial charge in [-0.3, -0.25) is 4.79 Å². The van der Waals surface area contributed by atoms with E-state index in [4.69, 9.17) is 9.84 Å². The molecule has 2 rings (SSSR count). The Kier molecular flexibility index (Phi) is 4.45. The highest BCUT2D eigenvalue weighted by Crippen LogP contribution is 2.35. The van der Waals surface area contributed by atoms with Crippen molar-refractivity contribution in [3.63, 3.8) is 0 Å². The van der Waals surface area contributed by atoms with Crippen molar-refractivity contribution in [3.8, 4) is 5.75 Å². The summed E-state index contributed by atoms with van der Waals surface area (Å²) in [7, 11) is 0. The average Bonchev–Trinajstić information content (AvgIpc) is 2.71. The second-order valence-electron chi connectivity index (χ2n) is 4.74. The molecule has 20 heavy (non-hydrogen) atoms. The van der Waals surface area contributed by atoms with Crippen LogP contribution in [0.15, 0.2) is 24.3 Å². The number of amides is 2. The first kappa shape index (κ1) is 14.2. The molecule has 0 spiro atoms. The topological polar surface area (TPSA) is 87.7 Å². The van der Waals surface area contributed by atoms with E-state index in [9.17, 15) is 9.59 Å². The lowest BCUT2D eigenvalue weighted by atomic mass is 10.1. The Hall–Kier alpha value is -2.24. The van der Waals surface area contributed by atoms with Gasteiger partial charge in [-0.25, -0.2) is 4.79 Å². The van der Waals surface area contributed by atoms with Crippen LogP contribution in [0.2, 0.25) is 0 Å². The molecule has 2 unspecified atom stereocenters. The van der Waals surface area contributed by atoms with E-state index in [2.05, 4.69) is 10.6 Å². The molecule has 6 nitrogen and oxygen atoms in total. The highest BCUT2D eigenvalue weighted by atomic mass is 16.5. The van der Waals surface area contributed by atoms with E-state index in [-0.39, 0.29) is 24.6 Å². The third kappa shape index (κ3) is 3.40. The van der Waals surface area contributed by atoms with Gasteiger partial charge in [0.2, 0.25) is 0 Å². The van der Waals surface area contributed by atoms with E-state index in [0.717, 1.165) is 11.3 Å². The summed E-state index contributed by atoms with van der Waals surface area (Å²) >= 11 is 0. The Morgan fingerprint density at radius 1 is 1.35 bits per heavy atom. The second kappa shape index (κ2) is 6.27. The second-order valence-corrected chi connectivity index (χ2v) is 4.74. The third-order valence-electron chi connectivity index (χ3n) is 3.18. The summed E-state index contributed by atoms with van der Waals surface area (Å²) in [5.41, 5.74) is 0.959. The number of fused-ring (bicyclic) bond motifs is 1. The zero-order valence-electron chi connectivity index (χ0n) is 11.3. The normalized spacial score (nSPS) is 19.9. The number of rotatable bonds is 5. The van der Waals surface area contributed by atoms with Crippen molar-refractivity contribution in [1.82, 2.24) is 10.6 Å². The smallest absolute Gasteiger partial charge is 0.315 e. The standard InChI is InChI=1S/C14H18N2O4/c1-9-13(10-5-2-3-6-11(10)20-9)16-14(19)15-8-4-7-12(17)18/h2-3,5-6,9,13H,4,7-8H2,1H3,(H,17,18)(H2,15,16,19). The molecule has 0 saturated carbocycles. The van der Waals surface area contributed by atoms with Crippen LogP contribution in [-0.4, -0.2) is 29.8 Å². The quantitative estimate of drug-likeness (QED) is 0.715. The molecule has 3 N–H and O–H groups in total. The Balaban J connectivity index is 1.84. The van der Waals surface area contributed by atoms with Crippen molar-refractivity contribution < 1.29 is 19.4 Å². The fourth-order valence-corrected chi connectivity index (χ4v) is 2.19. The zero-order valence-corrected chi connectivity index (χ0v) is 11.3. The van der Waals surface area contributed by atoms with Crippen LogP contribution in [0.1, 0.15) is 31.4 Å². The number of aliphatic carboxylic acids is 1. The number of carboxylic acid groups (broad SMARTS) is 1. The number of urea groups is 1. The number of benzene rings is 1. The molecule has 0 fully saturated rings. The van der Waals surface area contributed by atoms with Gasteiger partial charge in [-0.2, -0.15) is 0 Å². The Bertz CT molecular complexity index is 504. The summed E-state index contributed by atoms with van der Waals surface area (Å²) in [6, 6.07) is 7.09. The van der Waals surface area contributed by atoms with Gasteiger partial charge in [0.25, 0.3) is 0 Å². The van der Waals surface area contributed by atoms with Crippen molar-refractivity contribution in [2.45, 2.75) is 31.9 Å². The van der Waals surface area contributed by atoms with Crippen molar-refractivity contribution in [3.05, 3.63) is 29.8 Å². The first-order chi connectivity index (χ1) is 9.58. The van der Waals surface area contributed by atoms with Gasteiger partial charge in [-0.1, -0.05) is 18.2 Å². The van der Waals surface area contributed by atoms with Crippen molar-refractivity contribution in [2.75, 3.05) is 6.54 Å². The van der Waals surface area contributed by atoms with E-state index in [1.165, 1.54) is 0 Å². The maximum atomic E-state index is 11.8. The monoisotopic (exact) mass is 278 g/mol. The van der Waals surface area contributed by atoms with Crippen molar-refractivity contribution >= 4 is 12.0 Å². The van der Waals surface area contributed by atoms with E-state index < -0.39 is 5.97 Å². The van der Waals surface area contributed by atoms with Gasteiger partial charge in [0.15, 0.2) is 0 Å². The van der Waals surface area contributed by atoms with E-state index in [1.807, 2.05) is 31.2 Å². The third-order valence-corrected chi connectivity index (χ3v) is 3.18. The summed E-state index contributed by atoms with van der Waals surface area (Å²) in [5.74, 6) is -0.0740. The largest absolute Gasteiger partial charge is 0.488 e. The van der Waals surface area contributed by atoms with Crippen LogP contribution in [0.4, 0.5) is 4.79 Å². The van der Waals surface area contributed by atoms with Crippen molar-refractivity contribution in [1.29, 1.82) is 0 Å². The minimum atomic E-state index is -0.862. The van der Waals surface area contributed by atoms with Crippen molar-refractivity contribution in [2.24, 2.45) is 0 Å². The molecule has 0 aliphatic carbocycles. The van der Waals surface area contributed by atoms with Gasteiger partial charge < -0.3 is 20.5 Å². The van der Waals surface area contributed by atoms with Crippen LogP contribution >= 0.6 is 0 Å². The maximum absolute atomic E-state index is 11.8. The van der Waals surface area contributed by atoms with E-state index in [0.29, 0.717) is 13.0 Å². The van der Waals surface area contributed by atoms with Crippen LogP contribution in [0.5, 0.6) is 5.75 Å². The van der Waals surface area contributed by atoms with Gasteiger partial charge in [0.05, 0.1) is 6.04 Å². The van der Waals surface area contributed by atoms with Crippen LogP contribution < -0.4 is 15.4 Å². The molecule has 1 heterocycles. The number of ether oxygens (including phenoxy) is 1. The van der Waals surface area contributed by atoms with Gasteiger partial charge in [-0.15, -0.1) is 0 Å². The highest BCUT2D eigenvalue weighted by molar-refractivity contribution is 5.75. The molecule has 2 amide bonds.